The molecule has 7 rings (SSSR count). The van der Waals surface area contributed by atoms with Crippen LogP contribution in [0.4, 0.5) is 27.8 Å². The maximum atomic E-state index is 12.8. The van der Waals surface area contributed by atoms with Crippen molar-refractivity contribution in [2.75, 3.05) is 80.5 Å². The van der Waals surface area contributed by atoms with Crippen LogP contribution in [0.3, 0.4) is 0 Å². The molecule has 2 bridgehead atoms. The van der Waals surface area contributed by atoms with Crippen molar-refractivity contribution in [3.63, 3.8) is 0 Å². The van der Waals surface area contributed by atoms with E-state index in [1.807, 2.05) is 36.4 Å². The van der Waals surface area contributed by atoms with Crippen LogP contribution in [0.2, 0.25) is 0 Å². The van der Waals surface area contributed by atoms with E-state index in [1.54, 1.807) is 0 Å². The summed E-state index contributed by atoms with van der Waals surface area (Å²) in [5.41, 5.74) is 3.61. The zero-order valence-electron chi connectivity index (χ0n) is 26.1. The summed E-state index contributed by atoms with van der Waals surface area (Å²) in [6.45, 7) is 8.30. The minimum atomic E-state index is -0.279. The molecule has 0 aliphatic carbocycles. The number of morpholine rings is 1. The molecule has 11 nitrogen and oxygen atoms in total. The lowest BCUT2D eigenvalue weighted by molar-refractivity contribution is 0.0899. The largest absolute Gasteiger partial charge is 0.381 e. The van der Waals surface area contributed by atoms with Gasteiger partial charge in [0.25, 0.3) is 0 Å². The van der Waals surface area contributed by atoms with E-state index < -0.39 is 0 Å². The molecule has 0 radical (unpaired) electrons. The number of carbonyl (C=O) groups excluding carboxylic acids is 1. The topological polar surface area (TPSA) is 107 Å². The first-order valence-corrected chi connectivity index (χ1v) is 16.3. The highest BCUT2D eigenvalue weighted by molar-refractivity contribution is 5.99. The van der Waals surface area contributed by atoms with Crippen LogP contribution in [0.1, 0.15) is 31.2 Å². The summed E-state index contributed by atoms with van der Waals surface area (Å²) in [6.07, 6.45) is 4.16. The quantitative estimate of drug-likeness (QED) is 0.339. The standard InChI is InChI=1S/C34H44N8O3/c1-40-14-16-41(17-15-40)21-24-2-6-26(7-3-24)36-34(43)37-27-8-4-25(5-9-27)33-38-31(35-28-12-18-44-19-13-28)20-32(39-33)42-29-10-11-30(42)23-45-22-29/h2-9,20,28-30H,10-19,21-23H2,1H3,(H,35,38,39)(H2,36,37,43). The van der Waals surface area contributed by atoms with E-state index >= 15 is 0 Å². The molecule has 2 atom stereocenters. The first-order chi connectivity index (χ1) is 22.1. The number of nitrogens with one attached hydrogen (secondary N) is 3. The SMILES string of the molecule is CN1CCN(Cc2ccc(NC(=O)Nc3ccc(-c4nc(NC5CCOCC5)cc(N5C6CCC5COC6)n4)cc3)cc2)CC1. The number of benzene rings is 2. The van der Waals surface area contributed by atoms with E-state index in [-0.39, 0.29) is 6.03 Å². The Labute approximate surface area is 265 Å². The van der Waals surface area contributed by atoms with Crippen molar-refractivity contribution in [2.45, 2.75) is 50.4 Å². The molecule has 0 saturated carbocycles. The monoisotopic (exact) mass is 612 g/mol. The molecule has 4 fully saturated rings. The van der Waals surface area contributed by atoms with Gasteiger partial charge in [-0.05, 0) is 74.7 Å². The van der Waals surface area contributed by atoms with E-state index in [2.05, 4.69) is 55.9 Å². The van der Waals surface area contributed by atoms with Gasteiger partial charge in [-0.25, -0.2) is 14.8 Å². The van der Waals surface area contributed by atoms with Crippen LogP contribution in [0.15, 0.2) is 54.6 Å². The molecular weight excluding hydrogens is 568 g/mol. The predicted octanol–water partition coefficient (Wildman–Crippen LogP) is 4.49. The summed E-state index contributed by atoms with van der Waals surface area (Å²) in [5, 5.41) is 9.55. The number of amides is 2. The van der Waals surface area contributed by atoms with Gasteiger partial charge >= 0.3 is 6.03 Å². The molecule has 5 heterocycles. The Morgan fingerprint density at radius 2 is 1.47 bits per heavy atom. The van der Waals surface area contributed by atoms with E-state index in [9.17, 15) is 4.79 Å². The molecule has 1 aromatic heterocycles. The molecule has 3 N–H and O–H groups in total. The third-order valence-corrected chi connectivity index (χ3v) is 9.41. The van der Waals surface area contributed by atoms with Gasteiger partial charge in [0.05, 0.1) is 25.3 Å². The Bertz CT molecular complexity index is 1420. The Morgan fingerprint density at radius 1 is 0.822 bits per heavy atom. The number of hydrogen-bond donors (Lipinski definition) is 3. The van der Waals surface area contributed by atoms with Crippen LogP contribution in [0.5, 0.6) is 0 Å². The molecule has 2 amide bonds. The van der Waals surface area contributed by atoms with E-state index in [0.717, 1.165) is 108 Å². The van der Waals surface area contributed by atoms with Crippen molar-refractivity contribution in [1.82, 2.24) is 19.8 Å². The lowest BCUT2D eigenvalue weighted by atomic mass is 10.1. The lowest BCUT2D eigenvalue weighted by Gasteiger charge is -2.36. The molecule has 238 valence electrons. The summed E-state index contributed by atoms with van der Waals surface area (Å²) in [6, 6.07) is 18.7. The second-order valence-electron chi connectivity index (χ2n) is 12.7. The molecule has 3 aromatic rings. The summed E-state index contributed by atoms with van der Waals surface area (Å²) < 4.78 is 11.4. The minimum absolute atomic E-state index is 0.279. The second kappa shape index (κ2) is 13.7. The van der Waals surface area contributed by atoms with Gasteiger partial charge in [0.1, 0.15) is 11.6 Å². The van der Waals surface area contributed by atoms with Gasteiger partial charge in [-0.1, -0.05) is 12.1 Å². The molecule has 2 unspecified atom stereocenters. The van der Waals surface area contributed by atoms with Crippen LogP contribution in [0.25, 0.3) is 11.4 Å². The Balaban J connectivity index is 1.01. The number of urea groups is 1. The third kappa shape index (κ3) is 7.38. The normalized spacial score (nSPS) is 22.7. The fourth-order valence-electron chi connectivity index (χ4n) is 6.78. The van der Waals surface area contributed by atoms with Crippen LogP contribution in [-0.4, -0.2) is 104 Å². The number of fused-ring (bicyclic) bond motifs is 2. The number of rotatable bonds is 8. The van der Waals surface area contributed by atoms with Crippen LogP contribution < -0.4 is 20.9 Å². The fraction of sp³-hybridized carbons (Fsp3) is 0.500. The molecule has 2 aromatic carbocycles. The number of hydrogen-bond acceptors (Lipinski definition) is 9. The summed E-state index contributed by atoms with van der Waals surface area (Å²) in [7, 11) is 2.17. The molecule has 0 spiro atoms. The average Bonchev–Trinajstić information content (AvgIpc) is 3.31. The Hall–Kier alpha value is -3.77. The number of piperazine rings is 1. The van der Waals surface area contributed by atoms with Gasteiger partial charge in [0, 0.05) is 75.0 Å². The number of likely N-dealkylation sites (N-methyl/N-ethyl adjacent to an activating group) is 1. The van der Waals surface area contributed by atoms with Gasteiger partial charge in [0.15, 0.2) is 5.82 Å². The van der Waals surface area contributed by atoms with Gasteiger partial charge in [0.2, 0.25) is 0 Å². The third-order valence-electron chi connectivity index (χ3n) is 9.41. The highest BCUT2D eigenvalue weighted by Crippen LogP contribution is 2.35. The van der Waals surface area contributed by atoms with Crippen molar-refractivity contribution in [3.8, 4) is 11.4 Å². The maximum absolute atomic E-state index is 12.8. The van der Waals surface area contributed by atoms with E-state index in [1.165, 1.54) is 5.56 Å². The number of anilines is 4. The highest BCUT2D eigenvalue weighted by Gasteiger charge is 2.38. The maximum Gasteiger partial charge on any atom is 0.323 e. The van der Waals surface area contributed by atoms with E-state index in [4.69, 9.17) is 19.4 Å². The predicted molar refractivity (Wildman–Crippen MR) is 177 cm³/mol. The highest BCUT2D eigenvalue weighted by atomic mass is 16.5. The van der Waals surface area contributed by atoms with Gasteiger partial charge < -0.3 is 35.2 Å². The number of nitrogens with zero attached hydrogens (tertiary/aromatic N) is 5. The van der Waals surface area contributed by atoms with Crippen LogP contribution in [0, 0.1) is 0 Å². The van der Waals surface area contributed by atoms with Crippen LogP contribution >= 0.6 is 0 Å². The van der Waals surface area contributed by atoms with Crippen molar-refractivity contribution in [2.24, 2.45) is 0 Å². The Morgan fingerprint density at radius 3 is 2.13 bits per heavy atom. The fourth-order valence-corrected chi connectivity index (χ4v) is 6.78. The van der Waals surface area contributed by atoms with Crippen LogP contribution in [-0.2, 0) is 16.0 Å². The minimum Gasteiger partial charge on any atom is -0.381 e. The molecule has 11 heteroatoms. The van der Waals surface area contributed by atoms with Gasteiger partial charge in [-0.3, -0.25) is 4.90 Å². The van der Waals surface area contributed by atoms with E-state index in [0.29, 0.717) is 29.6 Å². The van der Waals surface area contributed by atoms with Crippen molar-refractivity contribution >= 4 is 29.0 Å². The molecule has 45 heavy (non-hydrogen) atoms. The lowest BCUT2D eigenvalue weighted by Crippen LogP contribution is -2.46. The summed E-state index contributed by atoms with van der Waals surface area (Å²) in [4.78, 5) is 30.0. The van der Waals surface area contributed by atoms with Gasteiger partial charge in [-0.15, -0.1) is 0 Å². The van der Waals surface area contributed by atoms with Crippen molar-refractivity contribution in [3.05, 3.63) is 60.2 Å². The number of carbonyl (C=O) groups is 1. The first-order valence-electron chi connectivity index (χ1n) is 16.3. The molecule has 4 aliphatic rings. The second-order valence-corrected chi connectivity index (χ2v) is 12.7. The zero-order valence-corrected chi connectivity index (χ0v) is 26.1. The average molecular weight is 613 g/mol. The summed E-state index contributed by atoms with van der Waals surface area (Å²) >= 11 is 0. The molecule has 4 saturated heterocycles. The van der Waals surface area contributed by atoms with Crippen molar-refractivity contribution in [1.29, 1.82) is 0 Å². The Kier molecular flexibility index (Phi) is 9.11. The molecule has 4 aliphatic heterocycles. The first kappa shape index (κ1) is 29.9. The number of aromatic nitrogens is 2. The zero-order chi connectivity index (χ0) is 30.6. The smallest absolute Gasteiger partial charge is 0.323 e. The van der Waals surface area contributed by atoms with Gasteiger partial charge in [-0.2, -0.15) is 0 Å². The number of ether oxygens (including phenoxy) is 2. The van der Waals surface area contributed by atoms with Crippen molar-refractivity contribution < 1.29 is 14.3 Å². The summed E-state index contributed by atoms with van der Waals surface area (Å²) in [5.74, 6) is 2.45. The molecular formula is C34H44N8O3.